The summed E-state index contributed by atoms with van der Waals surface area (Å²) in [6.45, 7) is 7.06. The number of aryl methyl sites for hydroxylation is 1. The number of morpholine rings is 1. The molecule has 0 saturated carbocycles. The number of imidazole rings is 1. The van der Waals surface area contributed by atoms with Gasteiger partial charge >= 0.3 is 6.18 Å². The number of hydrogen-bond acceptors (Lipinski definition) is 4. The number of nitrogens with zero attached hydrogens (tertiary/aromatic N) is 4. The zero-order valence-electron chi connectivity index (χ0n) is 21.9. The Kier molecular flexibility index (Phi) is 8.32. The van der Waals surface area contributed by atoms with Crippen molar-refractivity contribution in [3.05, 3.63) is 70.7 Å². The van der Waals surface area contributed by atoms with Crippen LogP contribution in [-0.2, 0) is 11.2 Å². The summed E-state index contributed by atoms with van der Waals surface area (Å²) >= 11 is 0. The van der Waals surface area contributed by atoms with E-state index in [2.05, 4.69) is 14.9 Å². The van der Waals surface area contributed by atoms with Crippen molar-refractivity contribution < 1.29 is 26.7 Å². The van der Waals surface area contributed by atoms with Crippen molar-refractivity contribution in [2.45, 2.75) is 52.3 Å². The standard InChI is InChI=1S/C28H31F5N4O/c1-5-7-24(28(31,32)33)34-22(6-2)18-13-20(29)26(21(30)14-18)27-23(15-19-16-36(4)10-11-38-19)37-9-8-17(3)12-25(37)35-27/h7-9,12-14,19H,5-6,10-11,15-16H2,1-4H3/b24-7-,34-22?. The van der Waals surface area contributed by atoms with Gasteiger partial charge in [0.15, 0.2) is 0 Å². The van der Waals surface area contributed by atoms with Gasteiger partial charge in [0.1, 0.15) is 23.0 Å². The molecule has 1 fully saturated rings. The van der Waals surface area contributed by atoms with Gasteiger partial charge in [0.2, 0.25) is 0 Å². The summed E-state index contributed by atoms with van der Waals surface area (Å²) in [5.41, 5.74) is 0.701. The molecular formula is C28H31F5N4O. The highest BCUT2D eigenvalue weighted by molar-refractivity contribution is 6.01. The average molecular weight is 535 g/mol. The van der Waals surface area contributed by atoms with Crippen molar-refractivity contribution in [1.82, 2.24) is 14.3 Å². The molecule has 1 aromatic carbocycles. The topological polar surface area (TPSA) is 42.1 Å². The zero-order valence-corrected chi connectivity index (χ0v) is 21.9. The SMILES string of the molecule is CC/C=C(\N=C(CC)c1cc(F)c(-c2nc3cc(C)ccn3c2CC2CN(C)CCO2)c(F)c1)C(F)(F)F. The van der Waals surface area contributed by atoms with E-state index in [1.54, 1.807) is 18.2 Å². The normalized spacial score (nSPS) is 18.0. The number of allylic oxidation sites excluding steroid dienone is 2. The lowest BCUT2D eigenvalue weighted by molar-refractivity contribution is -0.0925. The monoisotopic (exact) mass is 534 g/mol. The number of pyridine rings is 1. The molecule has 204 valence electrons. The minimum atomic E-state index is -4.67. The van der Waals surface area contributed by atoms with E-state index >= 15 is 8.78 Å². The van der Waals surface area contributed by atoms with E-state index in [0.717, 1.165) is 30.3 Å². The zero-order chi connectivity index (χ0) is 27.6. The van der Waals surface area contributed by atoms with Crippen LogP contribution in [0.25, 0.3) is 16.9 Å². The number of aliphatic imine (C=N–C) groups is 1. The predicted molar refractivity (Wildman–Crippen MR) is 137 cm³/mol. The molecule has 0 bridgehead atoms. The number of fused-ring (bicyclic) bond motifs is 1. The number of likely N-dealkylation sites (N-methyl/N-ethyl adjacent to an activating group) is 1. The smallest absolute Gasteiger partial charge is 0.375 e. The molecule has 4 rings (SSSR count). The largest absolute Gasteiger partial charge is 0.433 e. The van der Waals surface area contributed by atoms with E-state index in [9.17, 15) is 13.2 Å². The number of rotatable bonds is 7. The second-order valence-corrected chi connectivity index (χ2v) is 9.52. The molecule has 0 spiro atoms. The molecular weight excluding hydrogens is 503 g/mol. The van der Waals surface area contributed by atoms with Crippen molar-refractivity contribution in [3.63, 3.8) is 0 Å². The molecule has 5 nitrogen and oxygen atoms in total. The van der Waals surface area contributed by atoms with Gasteiger partial charge in [-0.3, -0.25) is 0 Å². The first-order chi connectivity index (χ1) is 18.0. The highest BCUT2D eigenvalue weighted by Crippen LogP contribution is 2.33. The van der Waals surface area contributed by atoms with Crippen molar-refractivity contribution in [2.75, 3.05) is 26.7 Å². The maximum absolute atomic E-state index is 15.6. The average Bonchev–Trinajstić information content (AvgIpc) is 3.17. The van der Waals surface area contributed by atoms with E-state index in [4.69, 9.17) is 4.74 Å². The molecule has 1 unspecified atom stereocenters. The molecule has 10 heteroatoms. The predicted octanol–water partition coefficient (Wildman–Crippen LogP) is 6.52. The van der Waals surface area contributed by atoms with Crippen molar-refractivity contribution in [1.29, 1.82) is 0 Å². The van der Waals surface area contributed by atoms with Crippen LogP contribution >= 0.6 is 0 Å². The Morgan fingerprint density at radius 3 is 2.50 bits per heavy atom. The van der Waals surface area contributed by atoms with Crippen molar-refractivity contribution in [3.8, 4) is 11.3 Å². The van der Waals surface area contributed by atoms with E-state index < -0.39 is 23.5 Å². The molecule has 3 aromatic rings. The van der Waals surface area contributed by atoms with E-state index in [1.807, 2.05) is 32.3 Å². The van der Waals surface area contributed by atoms with Gasteiger partial charge in [-0.05, 0) is 56.6 Å². The first-order valence-corrected chi connectivity index (χ1v) is 12.6. The van der Waals surface area contributed by atoms with Crippen LogP contribution in [-0.4, -0.2) is 59.0 Å². The molecule has 0 N–H and O–H groups in total. The van der Waals surface area contributed by atoms with Crippen molar-refractivity contribution in [2.24, 2.45) is 4.99 Å². The van der Waals surface area contributed by atoms with E-state index in [-0.39, 0.29) is 41.5 Å². The molecule has 38 heavy (non-hydrogen) atoms. The van der Waals surface area contributed by atoms with E-state index in [1.165, 1.54) is 0 Å². The van der Waals surface area contributed by atoms with Gasteiger partial charge in [0.25, 0.3) is 0 Å². The second kappa shape index (κ2) is 11.3. The highest BCUT2D eigenvalue weighted by atomic mass is 19.4. The second-order valence-electron chi connectivity index (χ2n) is 9.52. The van der Waals surface area contributed by atoms with Crippen LogP contribution in [0, 0.1) is 18.6 Å². The van der Waals surface area contributed by atoms with Gasteiger partial charge in [-0.15, -0.1) is 0 Å². The molecule has 0 radical (unpaired) electrons. The first kappa shape index (κ1) is 27.9. The van der Waals surface area contributed by atoms with Crippen LogP contribution in [0.1, 0.15) is 43.5 Å². The molecule has 2 aromatic heterocycles. The summed E-state index contributed by atoms with van der Waals surface area (Å²) in [5.74, 6) is -1.84. The van der Waals surface area contributed by atoms with Crippen LogP contribution < -0.4 is 0 Å². The summed E-state index contributed by atoms with van der Waals surface area (Å²) in [5, 5.41) is 0. The summed E-state index contributed by atoms with van der Waals surface area (Å²) in [4.78, 5) is 10.4. The van der Waals surface area contributed by atoms with Gasteiger partial charge in [0, 0.05) is 37.0 Å². The Morgan fingerprint density at radius 1 is 1.18 bits per heavy atom. The van der Waals surface area contributed by atoms with Gasteiger partial charge in [-0.1, -0.05) is 19.9 Å². The summed E-state index contributed by atoms with van der Waals surface area (Å²) < 4.78 is 79.2. The van der Waals surface area contributed by atoms with Crippen molar-refractivity contribution >= 4 is 11.4 Å². The minimum Gasteiger partial charge on any atom is -0.375 e. The van der Waals surface area contributed by atoms with Crippen LogP contribution in [0.3, 0.4) is 0 Å². The maximum atomic E-state index is 15.6. The van der Waals surface area contributed by atoms with Crippen LogP contribution in [0.15, 0.2) is 47.2 Å². The molecule has 0 aliphatic carbocycles. The third-order valence-corrected chi connectivity index (χ3v) is 6.53. The van der Waals surface area contributed by atoms with Crippen LogP contribution in [0.2, 0.25) is 0 Å². The number of halogens is 5. The fourth-order valence-electron chi connectivity index (χ4n) is 4.68. The maximum Gasteiger partial charge on any atom is 0.433 e. The number of alkyl halides is 3. The molecule has 1 atom stereocenters. The Hall–Kier alpha value is -3.11. The molecule has 1 saturated heterocycles. The molecule has 3 heterocycles. The molecule has 0 amide bonds. The fourth-order valence-corrected chi connectivity index (χ4v) is 4.68. The minimum absolute atomic E-state index is 0.0455. The fraction of sp³-hybridized carbons (Fsp3) is 0.429. The third kappa shape index (κ3) is 5.96. The van der Waals surface area contributed by atoms with E-state index in [0.29, 0.717) is 30.9 Å². The van der Waals surface area contributed by atoms with Crippen LogP contribution in [0.4, 0.5) is 22.0 Å². The van der Waals surface area contributed by atoms with Gasteiger partial charge in [-0.25, -0.2) is 18.8 Å². The quantitative estimate of drug-likeness (QED) is 0.256. The van der Waals surface area contributed by atoms with Gasteiger partial charge < -0.3 is 14.0 Å². The Labute approximate surface area is 218 Å². The summed E-state index contributed by atoms with van der Waals surface area (Å²) in [7, 11) is 1.99. The Morgan fingerprint density at radius 2 is 1.89 bits per heavy atom. The number of hydrogen-bond donors (Lipinski definition) is 0. The number of aromatic nitrogens is 2. The van der Waals surface area contributed by atoms with Gasteiger partial charge in [0.05, 0.1) is 29.7 Å². The first-order valence-electron chi connectivity index (χ1n) is 12.6. The summed E-state index contributed by atoms with van der Waals surface area (Å²) in [6, 6.07) is 5.78. The lowest BCUT2D eigenvalue weighted by Gasteiger charge is -2.30. The molecule has 1 aliphatic rings. The highest BCUT2D eigenvalue weighted by Gasteiger charge is 2.34. The number of ether oxygens (including phenoxy) is 1. The summed E-state index contributed by atoms with van der Waals surface area (Å²) in [6.07, 6.45) is -1.55. The Bertz CT molecular complexity index is 1350. The third-order valence-electron chi connectivity index (χ3n) is 6.53. The molecule has 1 aliphatic heterocycles. The lowest BCUT2D eigenvalue weighted by Crippen LogP contribution is -2.41. The van der Waals surface area contributed by atoms with Crippen LogP contribution in [0.5, 0.6) is 0 Å². The number of benzene rings is 1. The van der Waals surface area contributed by atoms with Gasteiger partial charge in [-0.2, -0.15) is 13.2 Å². The Balaban J connectivity index is 1.82. The lowest BCUT2D eigenvalue weighted by atomic mass is 10.00.